The molecule has 0 saturated heterocycles. The van der Waals surface area contributed by atoms with Gasteiger partial charge in [-0.3, -0.25) is 15.2 Å². The normalized spacial score (nSPS) is 15.6. The van der Waals surface area contributed by atoms with Gasteiger partial charge in [0.25, 0.3) is 0 Å². The third-order valence-electron chi connectivity index (χ3n) is 3.89. The predicted octanol–water partition coefficient (Wildman–Crippen LogP) is 3.14. The third kappa shape index (κ3) is 2.85. The summed E-state index contributed by atoms with van der Waals surface area (Å²) in [6.45, 7) is 4.14. The maximum atomic E-state index is 11.5. The standard InChI is InChI=1S/C18H18N4O/c1-18(2)14-7-3-4-8-15(14)21-17(18)13(12-23)11-20-22-16-9-5-6-10-19-16/h3-12,20H,1-2H3,(H,19,22)/b13-11+. The fourth-order valence-electron chi connectivity index (χ4n) is 2.70. The van der Waals surface area contributed by atoms with Crippen molar-refractivity contribution in [2.45, 2.75) is 19.3 Å². The van der Waals surface area contributed by atoms with Crippen LogP contribution in [0.25, 0.3) is 0 Å². The first kappa shape index (κ1) is 15.0. The van der Waals surface area contributed by atoms with Gasteiger partial charge in [0.2, 0.25) is 0 Å². The van der Waals surface area contributed by atoms with Gasteiger partial charge in [-0.25, -0.2) is 4.98 Å². The van der Waals surface area contributed by atoms with Crippen LogP contribution in [0.3, 0.4) is 0 Å². The zero-order valence-electron chi connectivity index (χ0n) is 13.1. The molecule has 2 aromatic rings. The molecule has 0 spiro atoms. The van der Waals surface area contributed by atoms with E-state index >= 15 is 0 Å². The highest BCUT2D eigenvalue weighted by atomic mass is 16.1. The quantitative estimate of drug-likeness (QED) is 0.506. The fraction of sp³-hybridized carbons (Fsp3) is 0.167. The van der Waals surface area contributed by atoms with Gasteiger partial charge in [0, 0.05) is 17.8 Å². The molecule has 0 unspecified atom stereocenters. The lowest BCUT2D eigenvalue weighted by molar-refractivity contribution is -0.104. The average molecular weight is 306 g/mol. The van der Waals surface area contributed by atoms with Gasteiger partial charge >= 0.3 is 0 Å². The van der Waals surface area contributed by atoms with Crippen molar-refractivity contribution in [1.82, 2.24) is 10.4 Å². The number of nitrogens with one attached hydrogen (secondary N) is 2. The Balaban J connectivity index is 1.82. The van der Waals surface area contributed by atoms with Crippen LogP contribution in [0, 0.1) is 0 Å². The highest BCUT2D eigenvalue weighted by molar-refractivity contribution is 6.22. The molecular formula is C18H18N4O. The molecule has 0 bridgehead atoms. The molecule has 5 heteroatoms. The number of pyridine rings is 1. The van der Waals surface area contributed by atoms with Crippen LogP contribution in [0.15, 0.2) is 65.4 Å². The monoisotopic (exact) mass is 306 g/mol. The van der Waals surface area contributed by atoms with Gasteiger partial charge in [0.15, 0.2) is 6.29 Å². The fourth-order valence-corrected chi connectivity index (χ4v) is 2.70. The summed E-state index contributed by atoms with van der Waals surface area (Å²) in [4.78, 5) is 20.3. The molecule has 2 N–H and O–H groups in total. The number of fused-ring (bicyclic) bond motifs is 1. The molecule has 0 fully saturated rings. The Hall–Kier alpha value is -2.95. The number of hydrogen-bond acceptors (Lipinski definition) is 5. The number of aldehydes is 1. The number of para-hydroxylation sites is 1. The van der Waals surface area contributed by atoms with Crippen LogP contribution in [0.4, 0.5) is 11.5 Å². The predicted molar refractivity (Wildman–Crippen MR) is 91.7 cm³/mol. The van der Waals surface area contributed by atoms with Crippen LogP contribution in [0.2, 0.25) is 0 Å². The summed E-state index contributed by atoms with van der Waals surface area (Å²) >= 11 is 0. The van der Waals surface area contributed by atoms with Crippen molar-refractivity contribution in [2.75, 3.05) is 5.43 Å². The summed E-state index contributed by atoms with van der Waals surface area (Å²) in [6.07, 6.45) is 4.13. The van der Waals surface area contributed by atoms with E-state index in [9.17, 15) is 4.79 Å². The van der Waals surface area contributed by atoms with Crippen LogP contribution in [-0.2, 0) is 10.2 Å². The molecule has 2 heterocycles. The van der Waals surface area contributed by atoms with Crippen molar-refractivity contribution in [3.8, 4) is 0 Å². The van der Waals surface area contributed by atoms with E-state index in [2.05, 4.69) is 34.7 Å². The second-order valence-electron chi connectivity index (χ2n) is 5.80. The number of benzene rings is 1. The lowest BCUT2D eigenvalue weighted by atomic mass is 9.79. The SMILES string of the molecule is CC1(C)C(/C(C=O)=C/NNc2ccccn2)=Nc2ccccc21. The molecule has 0 radical (unpaired) electrons. The van der Waals surface area contributed by atoms with Gasteiger partial charge in [-0.1, -0.05) is 38.1 Å². The smallest absolute Gasteiger partial charge is 0.153 e. The van der Waals surface area contributed by atoms with Gasteiger partial charge < -0.3 is 5.43 Å². The number of aromatic nitrogens is 1. The van der Waals surface area contributed by atoms with Crippen LogP contribution in [-0.4, -0.2) is 17.0 Å². The number of hydrogen-bond donors (Lipinski definition) is 2. The van der Waals surface area contributed by atoms with E-state index in [1.54, 1.807) is 12.4 Å². The summed E-state index contributed by atoms with van der Waals surface area (Å²) < 4.78 is 0. The van der Waals surface area contributed by atoms with Crippen molar-refractivity contribution in [1.29, 1.82) is 0 Å². The number of nitrogens with zero attached hydrogens (tertiary/aromatic N) is 2. The van der Waals surface area contributed by atoms with E-state index in [0.717, 1.165) is 23.2 Å². The zero-order valence-corrected chi connectivity index (χ0v) is 13.1. The molecule has 0 saturated carbocycles. The second-order valence-corrected chi connectivity index (χ2v) is 5.80. The lowest BCUT2D eigenvalue weighted by Crippen LogP contribution is -2.29. The van der Waals surface area contributed by atoms with Gasteiger partial charge in [0.1, 0.15) is 5.82 Å². The maximum absolute atomic E-state index is 11.5. The van der Waals surface area contributed by atoms with Crippen molar-refractivity contribution in [3.05, 3.63) is 66.0 Å². The van der Waals surface area contributed by atoms with Crippen molar-refractivity contribution < 1.29 is 4.79 Å². The molecule has 0 amide bonds. The van der Waals surface area contributed by atoms with Crippen molar-refractivity contribution in [3.63, 3.8) is 0 Å². The van der Waals surface area contributed by atoms with Crippen molar-refractivity contribution in [2.24, 2.45) is 4.99 Å². The minimum atomic E-state index is -0.310. The zero-order chi connectivity index (χ0) is 16.3. The largest absolute Gasteiger partial charge is 0.306 e. The van der Waals surface area contributed by atoms with E-state index < -0.39 is 0 Å². The van der Waals surface area contributed by atoms with E-state index in [4.69, 9.17) is 0 Å². The summed E-state index contributed by atoms with van der Waals surface area (Å²) in [5.41, 5.74) is 8.83. The molecular weight excluding hydrogens is 288 g/mol. The van der Waals surface area contributed by atoms with E-state index in [0.29, 0.717) is 11.4 Å². The topological polar surface area (TPSA) is 66.4 Å². The number of anilines is 1. The molecule has 3 rings (SSSR count). The Morgan fingerprint density at radius 2 is 1.91 bits per heavy atom. The van der Waals surface area contributed by atoms with E-state index in [1.807, 2.05) is 42.5 Å². The Bertz CT molecular complexity index is 779. The molecule has 116 valence electrons. The third-order valence-corrected chi connectivity index (χ3v) is 3.89. The minimum Gasteiger partial charge on any atom is -0.306 e. The Kier molecular flexibility index (Phi) is 3.93. The Labute approximate surface area is 135 Å². The summed E-state index contributed by atoms with van der Waals surface area (Å²) in [6, 6.07) is 13.5. The number of allylic oxidation sites excluding steroid dienone is 1. The number of rotatable bonds is 5. The molecule has 1 aromatic carbocycles. The van der Waals surface area contributed by atoms with Crippen LogP contribution < -0.4 is 10.9 Å². The Morgan fingerprint density at radius 1 is 1.13 bits per heavy atom. The van der Waals surface area contributed by atoms with Gasteiger partial charge in [-0.05, 0) is 23.8 Å². The first-order valence-corrected chi connectivity index (χ1v) is 7.40. The van der Waals surface area contributed by atoms with E-state index in [1.165, 1.54) is 0 Å². The van der Waals surface area contributed by atoms with Crippen LogP contribution in [0.1, 0.15) is 19.4 Å². The van der Waals surface area contributed by atoms with Gasteiger partial charge in [-0.2, -0.15) is 0 Å². The number of aliphatic imine (C=N–C) groups is 1. The maximum Gasteiger partial charge on any atom is 0.153 e. The first-order chi connectivity index (χ1) is 11.1. The minimum absolute atomic E-state index is 0.310. The summed E-state index contributed by atoms with van der Waals surface area (Å²) in [7, 11) is 0. The average Bonchev–Trinajstić information content (AvgIpc) is 2.84. The highest BCUT2D eigenvalue weighted by Gasteiger charge is 2.36. The van der Waals surface area contributed by atoms with Crippen molar-refractivity contribution >= 4 is 23.5 Å². The number of carbonyl (C=O) groups excluding carboxylic acids is 1. The van der Waals surface area contributed by atoms with E-state index in [-0.39, 0.29) is 5.41 Å². The van der Waals surface area contributed by atoms with Crippen LogP contribution in [0.5, 0.6) is 0 Å². The summed E-state index contributed by atoms with van der Waals surface area (Å²) in [5, 5.41) is 0. The van der Waals surface area contributed by atoms with Gasteiger partial charge in [-0.15, -0.1) is 0 Å². The lowest BCUT2D eigenvalue weighted by Gasteiger charge is -2.22. The summed E-state index contributed by atoms with van der Waals surface area (Å²) in [5.74, 6) is 0.671. The molecule has 1 aliphatic rings. The molecule has 1 aromatic heterocycles. The highest BCUT2D eigenvalue weighted by Crippen LogP contribution is 2.41. The molecule has 5 nitrogen and oxygen atoms in total. The number of carbonyl (C=O) groups is 1. The van der Waals surface area contributed by atoms with Crippen LogP contribution >= 0.6 is 0 Å². The molecule has 0 aliphatic carbocycles. The first-order valence-electron chi connectivity index (χ1n) is 7.40. The molecule has 23 heavy (non-hydrogen) atoms. The molecule has 0 atom stereocenters. The van der Waals surface area contributed by atoms with Gasteiger partial charge in [0.05, 0.1) is 17.0 Å². The molecule has 1 aliphatic heterocycles. The Morgan fingerprint density at radius 3 is 2.61 bits per heavy atom. The number of hydrazine groups is 1. The second kappa shape index (κ2) is 6.04.